The molecule has 2 saturated heterocycles. The highest BCUT2D eigenvalue weighted by atomic mass is 32.2. The Morgan fingerprint density at radius 1 is 1.17 bits per heavy atom. The van der Waals surface area contributed by atoms with Crippen molar-refractivity contribution in [2.24, 2.45) is 0 Å². The zero-order valence-electron chi connectivity index (χ0n) is 19.1. The molecule has 0 aromatic heterocycles. The van der Waals surface area contributed by atoms with Gasteiger partial charge in [-0.25, -0.2) is 0 Å². The lowest BCUT2D eigenvalue weighted by atomic mass is 10.1. The third-order valence-electron chi connectivity index (χ3n) is 6.07. The fourth-order valence-electron chi connectivity index (χ4n) is 3.22. The SMILES string of the molecule is Cc1ccc(S[C@]2([N+](=O)[O-])O[C@@H]2[C@@H]2OC(C)(C)O[C@H]2CO[Si](C)(C)C(C)(C)C)cc1. The average Bonchev–Trinajstić information content (AvgIpc) is 3.24. The summed E-state index contributed by atoms with van der Waals surface area (Å²) in [5.41, 5.74) is 1.10. The molecule has 2 aliphatic rings. The van der Waals surface area contributed by atoms with Crippen LogP contribution in [0, 0.1) is 17.0 Å². The molecule has 2 fully saturated rings. The Morgan fingerprint density at radius 2 is 1.77 bits per heavy atom. The molecule has 0 amide bonds. The van der Waals surface area contributed by atoms with Crippen LogP contribution >= 0.6 is 11.8 Å². The van der Waals surface area contributed by atoms with Crippen molar-refractivity contribution in [2.45, 2.75) is 93.7 Å². The Balaban J connectivity index is 1.76. The molecule has 0 N–H and O–H groups in total. The molecule has 0 radical (unpaired) electrons. The molecule has 1 aromatic carbocycles. The standard InChI is InChI=1S/C21H33NO6SSi/c1-14-9-11-15(12-10-14)29-21(22(23)24)18(28-21)17-16(26-20(5,6)27-17)13-25-30(7,8)19(2,3)4/h9-12,16-18H,13H2,1-8H3/t16-,17+,18+,21+/m0/s1. The third kappa shape index (κ3) is 4.76. The van der Waals surface area contributed by atoms with Gasteiger partial charge in [0.05, 0.1) is 11.5 Å². The van der Waals surface area contributed by atoms with Crippen molar-refractivity contribution in [3.8, 4) is 0 Å². The van der Waals surface area contributed by atoms with Crippen LogP contribution in [-0.2, 0) is 18.6 Å². The van der Waals surface area contributed by atoms with Crippen LogP contribution in [0.25, 0.3) is 0 Å². The summed E-state index contributed by atoms with van der Waals surface area (Å²) in [5, 5.41) is 10.5. The molecule has 168 valence electrons. The van der Waals surface area contributed by atoms with E-state index in [2.05, 4.69) is 33.9 Å². The third-order valence-corrected chi connectivity index (χ3v) is 11.9. The van der Waals surface area contributed by atoms with Crippen molar-refractivity contribution in [3.63, 3.8) is 0 Å². The highest BCUT2D eigenvalue weighted by molar-refractivity contribution is 8.00. The Labute approximate surface area is 184 Å². The van der Waals surface area contributed by atoms with Gasteiger partial charge >= 0.3 is 5.06 Å². The summed E-state index contributed by atoms with van der Waals surface area (Å²) in [4.78, 5) is 12.4. The number of benzene rings is 1. The Morgan fingerprint density at radius 3 is 2.30 bits per heavy atom. The number of epoxide rings is 1. The minimum Gasteiger partial charge on any atom is -0.414 e. The number of hydrogen-bond acceptors (Lipinski definition) is 7. The van der Waals surface area contributed by atoms with Crippen LogP contribution in [0.15, 0.2) is 29.2 Å². The van der Waals surface area contributed by atoms with E-state index in [9.17, 15) is 10.1 Å². The Kier molecular flexibility index (Phi) is 6.21. The van der Waals surface area contributed by atoms with Crippen molar-refractivity contribution in [1.82, 2.24) is 0 Å². The number of nitro groups is 1. The molecule has 4 atom stereocenters. The normalized spacial score (nSPS) is 31.0. The van der Waals surface area contributed by atoms with Crippen LogP contribution in [0.2, 0.25) is 18.1 Å². The van der Waals surface area contributed by atoms with Gasteiger partial charge in [-0.1, -0.05) is 38.5 Å². The van der Waals surface area contributed by atoms with E-state index in [1.54, 1.807) is 0 Å². The maximum absolute atomic E-state index is 12.0. The van der Waals surface area contributed by atoms with Crippen molar-refractivity contribution in [3.05, 3.63) is 39.9 Å². The van der Waals surface area contributed by atoms with E-state index in [0.717, 1.165) is 22.2 Å². The van der Waals surface area contributed by atoms with Crippen molar-refractivity contribution in [1.29, 1.82) is 0 Å². The molecule has 3 rings (SSSR count). The number of rotatable bonds is 7. The first-order valence-electron chi connectivity index (χ1n) is 10.2. The van der Waals surface area contributed by atoms with Crippen molar-refractivity contribution in [2.75, 3.05) is 6.61 Å². The molecular formula is C21H33NO6SSi. The summed E-state index contributed by atoms with van der Waals surface area (Å²) in [6.45, 7) is 16.8. The Hall–Kier alpha value is -0.973. The van der Waals surface area contributed by atoms with E-state index < -0.39 is 37.5 Å². The lowest BCUT2D eigenvalue weighted by molar-refractivity contribution is -0.532. The second-order valence-corrected chi connectivity index (χ2v) is 16.1. The van der Waals surface area contributed by atoms with Gasteiger partial charge in [-0.05, 0) is 62.8 Å². The van der Waals surface area contributed by atoms with Gasteiger partial charge in [0.25, 0.3) is 0 Å². The van der Waals surface area contributed by atoms with E-state index in [0.29, 0.717) is 6.61 Å². The quantitative estimate of drug-likeness (QED) is 0.189. The fourth-order valence-corrected chi connectivity index (χ4v) is 5.32. The van der Waals surface area contributed by atoms with Gasteiger partial charge in [-0.3, -0.25) is 14.9 Å². The van der Waals surface area contributed by atoms with Crippen LogP contribution < -0.4 is 0 Å². The van der Waals surface area contributed by atoms with Crippen LogP contribution in [0.1, 0.15) is 40.2 Å². The number of nitrogens with zero attached hydrogens (tertiary/aromatic N) is 1. The smallest absolute Gasteiger partial charge is 0.408 e. The van der Waals surface area contributed by atoms with E-state index >= 15 is 0 Å². The van der Waals surface area contributed by atoms with E-state index in [-0.39, 0.29) is 9.96 Å². The van der Waals surface area contributed by atoms with Gasteiger partial charge in [0.1, 0.15) is 12.2 Å². The van der Waals surface area contributed by atoms with Crippen LogP contribution in [0.3, 0.4) is 0 Å². The summed E-state index contributed by atoms with van der Waals surface area (Å²) in [6, 6.07) is 7.61. The van der Waals surface area contributed by atoms with Gasteiger partial charge < -0.3 is 13.9 Å². The fraction of sp³-hybridized carbons (Fsp3) is 0.714. The van der Waals surface area contributed by atoms with Crippen LogP contribution in [0.5, 0.6) is 0 Å². The lowest BCUT2D eigenvalue weighted by Crippen LogP contribution is -2.45. The van der Waals surface area contributed by atoms with Crippen molar-refractivity contribution >= 4 is 20.1 Å². The summed E-state index contributed by atoms with van der Waals surface area (Å²) < 4.78 is 24.2. The Bertz CT molecular complexity index is 794. The van der Waals surface area contributed by atoms with Crippen LogP contribution in [0.4, 0.5) is 0 Å². The largest absolute Gasteiger partial charge is 0.414 e. The molecule has 7 nitrogen and oxygen atoms in total. The van der Waals surface area contributed by atoms with Crippen LogP contribution in [-0.4, -0.2) is 49.0 Å². The topological polar surface area (TPSA) is 83.4 Å². The number of ether oxygens (including phenoxy) is 3. The zero-order chi connectivity index (χ0) is 22.5. The van der Waals surface area contributed by atoms with E-state index in [1.165, 1.54) is 0 Å². The second kappa shape index (κ2) is 7.86. The first kappa shape index (κ1) is 23.7. The molecule has 9 heteroatoms. The van der Waals surface area contributed by atoms with Gasteiger partial charge in [0.2, 0.25) is 6.10 Å². The molecule has 0 unspecified atom stereocenters. The first-order chi connectivity index (χ1) is 13.7. The summed E-state index contributed by atoms with van der Waals surface area (Å²) in [7, 11) is -2.00. The summed E-state index contributed by atoms with van der Waals surface area (Å²) in [6.07, 6.45) is -1.72. The molecule has 0 aliphatic carbocycles. The van der Waals surface area contributed by atoms with Gasteiger partial charge in [-0.15, -0.1) is 0 Å². The number of aryl methyl sites for hydroxylation is 1. The average molecular weight is 456 g/mol. The maximum Gasteiger partial charge on any atom is 0.408 e. The molecule has 1 aromatic rings. The first-order valence-corrected chi connectivity index (χ1v) is 14.0. The molecule has 0 spiro atoms. The van der Waals surface area contributed by atoms with Gasteiger partial charge in [-0.2, -0.15) is 0 Å². The molecule has 2 heterocycles. The highest BCUT2D eigenvalue weighted by Gasteiger charge is 2.76. The molecule has 0 saturated carbocycles. The lowest BCUT2D eigenvalue weighted by Gasteiger charge is -2.37. The highest BCUT2D eigenvalue weighted by Crippen LogP contribution is 2.55. The predicted molar refractivity (Wildman–Crippen MR) is 119 cm³/mol. The van der Waals surface area contributed by atoms with Gasteiger partial charge in [0.15, 0.2) is 14.1 Å². The monoisotopic (exact) mass is 455 g/mol. The minimum absolute atomic E-state index is 0.0550. The minimum atomic E-state index is -2.00. The van der Waals surface area contributed by atoms with E-state index in [1.807, 2.05) is 45.0 Å². The van der Waals surface area contributed by atoms with Gasteiger partial charge in [0, 0.05) is 4.90 Å². The molecular weight excluding hydrogens is 422 g/mol. The maximum atomic E-state index is 12.0. The van der Waals surface area contributed by atoms with E-state index in [4.69, 9.17) is 18.6 Å². The predicted octanol–water partition coefficient (Wildman–Crippen LogP) is 4.96. The van der Waals surface area contributed by atoms with Crippen molar-refractivity contribution < 1.29 is 23.6 Å². The second-order valence-electron chi connectivity index (χ2n) is 10.1. The summed E-state index contributed by atoms with van der Waals surface area (Å²) >= 11 is 1.11. The summed E-state index contributed by atoms with van der Waals surface area (Å²) in [5.74, 6) is -0.852. The molecule has 0 bridgehead atoms. The zero-order valence-corrected chi connectivity index (χ0v) is 20.9. The number of hydrogen-bond donors (Lipinski definition) is 0. The number of thioether (sulfide) groups is 1. The molecule has 30 heavy (non-hydrogen) atoms. The molecule has 2 aliphatic heterocycles.